The number of fused-ring (bicyclic) bond motifs is 1. The average molecular weight is 461 g/mol. The van der Waals surface area contributed by atoms with Crippen LogP contribution in [0.1, 0.15) is 0 Å². The fourth-order valence-electron chi connectivity index (χ4n) is 4.13. The van der Waals surface area contributed by atoms with Gasteiger partial charge < -0.3 is 14.5 Å². The van der Waals surface area contributed by atoms with Crippen LogP contribution in [0.25, 0.3) is 21.3 Å². The molecule has 0 radical (unpaired) electrons. The van der Waals surface area contributed by atoms with Gasteiger partial charge in [0.25, 0.3) is 5.56 Å². The first-order valence-corrected chi connectivity index (χ1v) is 11.7. The first kappa shape index (κ1) is 21.2. The molecule has 7 nitrogen and oxygen atoms in total. The topological polar surface area (TPSA) is 67.7 Å². The van der Waals surface area contributed by atoms with Gasteiger partial charge in [-0.15, -0.1) is 11.3 Å². The summed E-state index contributed by atoms with van der Waals surface area (Å²) in [7, 11) is 1.63. The highest BCUT2D eigenvalue weighted by Gasteiger charge is 2.22. The van der Waals surface area contributed by atoms with Gasteiger partial charge in [-0.1, -0.05) is 30.3 Å². The largest absolute Gasteiger partial charge is 0.497 e. The molecule has 2 aromatic heterocycles. The number of para-hydroxylation sites is 1. The number of carbonyl (C=O) groups is 1. The van der Waals surface area contributed by atoms with E-state index in [1.54, 1.807) is 7.11 Å². The molecule has 0 N–H and O–H groups in total. The Morgan fingerprint density at radius 2 is 1.76 bits per heavy atom. The monoisotopic (exact) mass is 460 g/mol. The van der Waals surface area contributed by atoms with Crippen LogP contribution in [0.4, 0.5) is 5.69 Å². The van der Waals surface area contributed by atoms with Gasteiger partial charge >= 0.3 is 0 Å². The molecule has 168 valence electrons. The fourth-order valence-corrected chi connectivity index (χ4v) is 5.10. The van der Waals surface area contributed by atoms with Crippen LogP contribution in [0.2, 0.25) is 0 Å². The van der Waals surface area contributed by atoms with Crippen molar-refractivity contribution in [3.05, 3.63) is 76.7 Å². The van der Waals surface area contributed by atoms with Crippen LogP contribution in [-0.2, 0) is 11.3 Å². The molecule has 1 aliphatic heterocycles. The van der Waals surface area contributed by atoms with Gasteiger partial charge in [0.1, 0.15) is 17.0 Å². The number of methoxy groups -OCH3 is 1. The molecule has 5 rings (SSSR count). The molecule has 0 aliphatic carbocycles. The van der Waals surface area contributed by atoms with E-state index in [9.17, 15) is 9.59 Å². The van der Waals surface area contributed by atoms with Gasteiger partial charge in [0.15, 0.2) is 0 Å². The summed E-state index contributed by atoms with van der Waals surface area (Å²) in [6, 6.07) is 17.9. The van der Waals surface area contributed by atoms with Gasteiger partial charge in [-0.05, 0) is 29.8 Å². The van der Waals surface area contributed by atoms with Crippen LogP contribution in [-0.4, -0.2) is 53.6 Å². The molecule has 0 bridgehead atoms. The summed E-state index contributed by atoms with van der Waals surface area (Å²) in [5.41, 5.74) is 3.53. The maximum absolute atomic E-state index is 13.1. The third-order valence-electron chi connectivity index (χ3n) is 6.01. The minimum Gasteiger partial charge on any atom is -0.497 e. The number of amides is 1. The van der Waals surface area contributed by atoms with E-state index in [-0.39, 0.29) is 18.0 Å². The van der Waals surface area contributed by atoms with Crippen molar-refractivity contribution in [3.63, 3.8) is 0 Å². The van der Waals surface area contributed by atoms with E-state index in [4.69, 9.17) is 4.74 Å². The zero-order valence-corrected chi connectivity index (χ0v) is 19.1. The van der Waals surface area contributed by atoms with Gasteiger partial charge in [0.2, 0.25) is 5.91 Å². The molecule has 1 saturated heterocycles. The number of benzene rings is 2. The van der Waals surface area contributed by atoms with E-state index in [0.717, 1.165) is 30.0 Å². The summed E-state index contributed by atoms with van der Waals surface area (Å²) < 4.78 is 7.20. The lowest BCUT2D eigenvalue weighted by Crippen LogP contribution is -2.50. The minimum absolute atomic E-state index is 0.00286. The number of anilines is 1. The Balaban J connectivity index is 1.30. The van der Waals surface area contributed by atoms with E-state index < -0.39 is 0 Å². The van der Waals surface area contributed by atoms with Crippen molar-refractivity contribution in [1.29, 1.82) is 0 Å². The maximum atomic E-state index is 13.1. The number of hydrogen-bond donors (Lipinski definition) is 0. The van der Waals surface area contributed by atoms with E-state index >= 15 is 0 Å². The molecule has 1 aliphatic rings. The Labute approximate surface area is 195 Å². The molecule has 0 saturated carbocycles. The van der Waals surface area contributed by atoms with Crippen molar-refractivity contribution in [2.24, 2.45) is 0 Å². The molecule has 0 atom stereocenters. The third-order valence-corrected chi connectivity index (χ3v) is 6.96. The Morgan fingerprint density at radius 3 is 2.45 bits per heavy atom. The Morgan fingerprint density at radius 1 is 1.03 bits per heavy atom. The normalized spacial score (nSPS) is 14.0. The number of ether oxygens (including phenoxy) is 1. The highest BCUT2D eigenvalue weighted by molar-refractivity contribution is 7.17. The van der Waals surface area contributed by atoms with Crippen molar-refractivity contribution in [2.45, 2.75) is 6.54 Å². The van der Waals surface area contributed by atoms with E-state index in [0.29, 0.717) is 23.3 Å². The van der Waals surface area contributed by atoms with Crippen LogP contribution in [0.15, 0.2) is 71.1 Å². The lowest BCUT2D eigenvalue weighted by atomic mass is 10.1. The van der Waals surface area contributed by atoms with E-state index in [1.807, 2.05) is 52.7 Å². The van der Waals surface area contributed by atoms with Crippen molar-refractivity contribution >= 4 is 33.1 Å². The molecular weight excluding hydrogens is 436 g/mol. The lowest BCUT2D eigenvalue weighted by Gasteiger charge is -2.36. The number of thiophene rings is 1. The second-order valence-electron chi connectivity index (χ2n) is 7.94. The maximum Gasteiger partial charge on any atom is 0.271 e. The smallest absolute Gasteiger partial charge is 0.271 e. The quantitative estimate of drug-likeness (QED) is 0.456. The number of carbonyl (C=O) groups excluding carboxylic acids is 1. The van der Waals surface area contributed by atoms with Crippen LogP contribution in [0, 0.1) is 0 Å². The number of hydrogen-bond acceptors (Lipinski definition) is 6. The Hall–Kier alpha value is -3.65. The third kappa shape index (κ3) is 4.21. The molecule has 3 heterocycles. The molecule has 33 heavy (non-hydrogen) atoms. The summed E-state index contributed by atoms with van der Waals surface area (Å²) in [6.07, 6.45) is 1.49. The van der Waals surface area contributed by atoms with Gasteiger partial charge in [0.05, 0.1) is 19.0 Å². The van der Waals surface area contributed by atoms with Crippen LogP contribution >= 0.6 is 11.3 Å². The van der Waals surface area contributed by atoms with Gasteiger partial charge in [-0.25, -0.2) is 4.98 Å². The number of piperazine rings is 1. The van der Waals surface area contributed by atoms with Gasteiger partial charge in [-0.2, -0.15) is 0 Å². The van der Waals surface area contributed by atoms with Gasteiger partial charge in [-0.3, -0.25) is 14.2 Å². The first-order chi connectivity index (χ1) is 16.1. The highest BCUT2D eigenvalue weighted by Crippen LogP contribution is 2.31. The van der Waals surface area contributed by atoms with Crippen molar-refractivity contribution in [1.82, 2.24) is 14.5 Å². The van der Waals surface area contributed by atoms with Crippen molar-refractivity contribution in [3.8, 4) is 16.9 Å². The fraction of sp³-hybridized carbons (Fsp3) is 0.240. The molecule has 1 fully saturated rings. The Bertz CT molecular complexity index is 1320. The Kier molecular flexibility index (Phi) is 5.83. The first-order valence-electron chi connectivity index (χ1n) is 10.8. The molecule has 8 heteroatoms. The van der Waals surface area contributed by atoms with E-state index in [1.165, 1.54) is 27.9 Å². The van der Waals surface area contributed by atoms with Crippen LogP contribution in [0.3, 0.4) is 0 Å². The zero-order valence-electron chi connectivity index (χ0n) is 18.3. The minimum atomic E-state index is -0.180. The molecule has 0 unspecified atom stereocenters. The van der Waals surface area contributed by atoms with Crippen LogP contribution < -0.4 is 15.2 Å². The van der Waals surface area contributed by atoms with Crippen LogP contribution in [0.5, 0.6) is 5.75 Å². The number of rotatable bonds is 5. The average Bonchev–Trinajstić information content (AvgIpc) is 3.31. The molecule has 0 spiro atoms. The lowest BCUT2D eigenvalue weighted by molar-refractivity contribution is -0.132. The molecular formula is C25H24N4O3S. The summed E-state index contributed by atoms with van der Waals surface area (Å²) in [5.74, 6) is 0.717. The standard InChI is InChI=1S/C25H24N4O3S/c1-32-20-9-7-18(8-10-20)21-16-33-24-23(21)26-17-29(25(24)31)15-22(30)28-13-11-27(12-14-28)19-5-3-2-4-6-19/h2-10,16-17H,11-15H2,1H3. The molecule has 2 aromatic carbocycles. The predicted octanol–water partition coefficient (Wildman–Crippen LogP) is 3.48. The zero-order chi connectivity index (χ0) is 22.8. The predicted molar refractivity (Wildman–Crippen MR) is 131 cm³/mol. The van der Waals surface area contributed by atoms with E-state index in [2.05, 4.69) is 22.0 Å². The summed E-state index contributed by atoms with van der Waals surface area (Å²) >= 11 is 1.36. The summed E-state index contributed by atoms with van der Waals surface area (Å²) in [5, 5.41) is 1.94. The molecule has 4 aromatic rings. The molecule has 1 amide bonds. The highest BCUT2D eigenvalue weighted by atomic mass is 32.1. The summed E-state index contributed by atoms with van der Waals surface area (Å²) in [6.45, 7) is 2.83. The van der Waals surface area contributed by atoms with Crippen molar-refractivity contribution < 1.29 is 9.53 Å². The number of aromatic nitrogens is 2. The van der Waals surface area contributed by atoms with Crippen molar-refractivity contribution in [2.75, 3.05) is 38.2 Å². The second kappa shape index (κ2) is 9.07. The van der Waals surface area contributed by atoms with Gasteiger partial charge in [0, 0.05) is 42.8 Å². The number of nitrogens with zero attached hydrogens (tertiary/aromatic N) is 4. The second-order valence-corrected chi connectivity index (χ2v) is 8.82. The summed E-state index contributed by atoms with van der Waals surface area (Å²) in [4.78, 5) is 34.6. The SMILES string of the molecule is COc1ccc(-c2csc3c(=O)n(CC(=O)N4CCN(c5ccccc5)CC4)cnc23)cc1.